The molecule has 3 aliphatic rings. The van der Waals surface area contributed by atoms with Gasteiger partial charge in [-0.05, 0) is 37.0 Å². The highest BCUT2D eigenvalue weighted by Gasteiger charge is 2.38. The summed E-state index contributed by atoms with van der Waals surface area (Å²) in [5, 5.41) is 5.77. The fourth-order valence-corrected chi connectivity index (χ4v) is 4.35. The molecule has 2 saturated carbocycles. The molecule has 0 amide bonds. The van der Waals surface area contributed by atoms with Crippen LogP contribution >= 0.6 is 11.8 Å². The maximum atomic E-state index is 4.71. The van der Waals surface area contributed by atoms with Crippen LogP contribution in [0.5, 0.6) is 0 Å². The normalized spacial score (nSPS) is 36.7. The lowest BCUT2D eigenvalue weighted by atomic mass is 9.73. The second-order valence-corrected chi connectivity index (χ2v) is 7.80. The molecular formula is C14H24N2S. The van der Waals surface area contributed by atoms with Crippen LogP contribution in [0.25, 0.3) is 0 Å². The van der Waals surface area contributed by atoms with Crippen molar-refractivity contribution in [2.75, 3.05) is 6.54 Å². The number of amidine groups is 1. The van der Waals surface area contributed by atoms with Gasteiger partial charge in [0.25, 0.3) is 0 Å². The summed E-state index contributed by atoms with van der Waals surface area (Å²) in [6.07, 6.45) is 8.33. The SMILES string of the molecule is CC1(C)CCCCC1NC1=NCC(C2CC2)S1. The molecule has 0 aromatic carbocycles. The standard InChI is InChI=1S/C14H24N2S/c1-14(2)8-4-3-5-12(14)16-13-15-9-11(17-13)10-6-7-10/h10-12H,3-9H2,1-2H3,(H,15,16). The van der Waals surface area contributed by atoms with Crippen molar-refractivity contribution in [3.8, 4) is 0 Å². The number of nitrogens with one attached hydrogen (secondary N) is 1. The van der Waals surface area contributed by atoms with Crippen LogP contribution < -0.4 is 5.32 Å². The molecule has 0 spiro atoms. The van der Waals surface area contributed by atoms with E-state index in [1.807, 2.05) is 11.8 Å². The Labute approximate surface area is 109 Å². The number of aliphatic imine (C=N–C) groups is 1. The maximum absolute atomic E-state index is 4.71. The molecule has 2 aliphatic carbocycles. The average Bonchev–Trinajstić information content (AvgIpc) is 3.03. The number of hydrogen-bond acceptors (Lipinski definition) is 3. The van der Waals surface area contributed by atoms with E-state index in [1.54, 1.807) is 0 Å². The molecule has 0 aromatic rings. The molecule has 3 heteroatoms. The number of hydrogen-bond donors (Lipinski definition) is 1. The third-order valence-corrected chi connectivity index (χ3v) is 5.94. The topological polar surface area (TPSA) is 24.4 Å². The number of nitrogens with zero attached hydrogens (tertiary/aromatic N) is 1. The summed E-state index contributed by atoms with van der Waals surface area (Å²) in [7, 11) is 0. The fourth-order valence-electron chi connectivity index (χ4n) is 3.09. The van der Waals surface area contributed by atoms with E-state index in [4.69, 9.17) is 4.99 Å². The van der Waals surface area contributed by atoms with Gasteiger partial charge in [-0.2, -0.15) is 0 Å². The first kappa shape index (κ1) is 11.9. The predicted octanol–water partition coefficient (Wildman–Crippen LogP) is 3.43. The minimum atomic E-state index is 0.443. The van der Waals surface area contributed by atoms with Crippen LogP contribution in [-0.2, 0) is 0 Å². The van der Waals surface area contributed by atoms with Crippen molar-refractivity contribution in [1.29, 1.82) is 0 Å². The van der Waals surface area contributed by atoms with Crippen LogP contribution in [0.4, 0.5) is 0 Å². The summed E-state index contributed by atoms with van der Waals surface area (Å²) < 4.78 is 0. The third-order valence-electron chi connectivity index (χ3n) is 4.63. The largest absolute Gasteiger partial charge is 0.362 e. The Bertz CT molecular complexity index is 320. The molecule has 1 heterocycles. The summed E-state index contributed by atoms with van der Waals surface area (Å²) in [5.74, 6) is 0.974. The lowest BCUT2D eigenvalue weighted by Gasteiger charge is -2.39. The lowest BCUT2D eigenvalue weighted by molar-refractivity contribution is 0.186. The fraction of sp³-hybridized carbons (Fsp3) is 0.929. The monoisotopic (exact) mass is 252 g/mol. The number of thioether (sulfide) groups is 1. The van der Waals surface area contributed by atoms with Gasteiger partial charge in [0.2, 0.25) is 0 Å². The van der Waals surface area contributed by atoms with Gasteiger partial charge in [-0.1, -0.05) is 38.5 Å². The predicted molar refractivity (Wildman–Crippen MR) is 75.6 cm³/mol. The van der Waals surface area contributed by atoms with Crippen LogP contribution in [0, 0.1) is 11.3 Å². The van der Waals surface area contributed by atoms with Crippen LogP contribution in [0.1, 0.15) is 52.4 Å². The van der Waals surface area contributed by atoms with E-state index in [0.717, 1.165) is 17.7 Å². The molecule has 96 valence electrons. The quantitative estimate of drug-likeness (QED) is 0.814. The van der Waals surface area contributed by atoms with E-state index in [2.05, 4.69) is 19.2 Å². The zero-order valence-corrected chi connectivity index (χ0v) is 11.9. The van der Waals surface area contributed by atoms with Gasteiger partial charge >= 0.3 is 0 Å². The molecule has 3 rings (SSSR count). The van der Waals surface area contributed by atoms with E-state index >= 15 is 0 Å². The zero-order valence-electron chi connectivity index (χ0n) is 11.0. The molecule has 2 fully saturated rings. The van der Waals surface area contributed by atoms with Gasteiger partial charge in [-0.25, -0.2) is 0 Å². The first-order valence-electron chi connectivity index (χ1n) is 7.13. The molecular weight excluding hydrogens is 228 g/mol. The zero-order chi connectivity index (χ0) is 11.9. The highest BCUT2D eigenvalue weighted by molar-refractivity contribution is 8.14. The summed E-state index contributed by atoms with van der Waals surface area (Å²) in [6, 6.07) is 0.639. The van der Waals surface area contributed by atoms with Crippen molar-refractivity contribution in [3.63, 3.8) is 0 Å². The summed E-state index contributed by atoms with van der Waals surface area (Å²) >= 11 is 2.01. The van der Waals surface area contributed by atoms with E-state index in [0.29, 0.717) is 11.5 Å². The smallest absolute Gasteiger partial charge is 0.157 e. The molecule has 1 aliphatic heterocycles. The van der Waals surface area contributed by atoms with Gasteiger partial charge in [-0.3, -0.25) is 4.99 Å². The molecule has 0 bridgehead atoms. The highest BCUT2D eigenvalue weighted by atomic mass is 32.2. The van der Waals surface area contributed by atoms with Crippen LogP contribution in [0.2, 0.25) is 0 Å². The van der Waals surface area contributed by atoms with Crippen molar-refractivity contribution >= 4 is 16.9 Å². The van der Waals surface area contributed by atoms with Gasteiger partial charge in [-0.15, -0.1) is 0 Å². The van der Waals surface area contributed by atoms with Gasteiger partial charge in [0.15, 0.2) is 5.17 Å². The van der Waals surface area contributed by atoms with Crippen molar-refractivity contribution in [2.45, 2.75) is 63.7 Å². The molecule has 2 unspecified atom stereocenters. The van der Waals surface area contributed by atoms with Crippen LogP contribution in [0.3, 0.4) is 0 Å². The van der Waals surface area contributed by atoms with Gasteiger partial charge in [0, 0.05) is 11.3 Å². The van der Waals surface area contributed by atoms with Crippen molar-refractivity contribution in [3.05, 3.63) is 0 Å². The van der Waals surface area contributed by atoms with Crippen LogP contribution in [-0.4, -0.2) is 23.0 Å². The Kier molecular flexibility index (Phi) is 3.14. The Morgan fingerprint density at radius 2 is 2.06 bits per heavy atom. The number of rotatable bonds is 2. The van der Waals surface area contributed by atoms with E-state index in [1.165, 1.54) is 43.7 Å². The molecule has 17 heavy (non-hydrogen) atoms. The first-order chi connectivity index (χ1) is 8.15. The second-order valence-electron chi connectivity index (χ2n) is 6.57. The molecule has 0 radical (unpaired) electrons. The third kappa shape index (κ3) is 2.64. The van der Waals surface area contributed by atoms with Crippen molar-refractivity contribution in [2.24, 2.45) is 16.3 Å². The molecule has 2 atom stereocenters. The highest BCUT2D eigenvalue weighted by Crippen LogP contribution is 2.42. The van der Waals surface area contributed by atoms with E-state index in [9.17, 15) is 0 Å². The van der Waals surface area contributed by atoms with Gasteiger partial charge < -0.3 is 5.32 Å². The van der Waals surface area contributed by atoms with E-state index < -0.39 is 0 Å². The molecule has 0 aromatic heterocycles. The lowest BCUT2D eigenvalue weighted by Crippen LogP contribution is -2.45. The van der Waals surface area contributed by atoms with Crippen LogP contribution in [0.15, 0.2) is 4.99 Å². The summed E-state index contributed by atoms with van der Waals surface area (Å²) in [5.41, 5.74) is 0.443. The molecule has 0 saturated heterocycles. The van der Waals surface area contributed by atoms with Gasteiger partial charge in [0.05, 0.1) is 6.54 Å². The summed E-state index contributed by atoms with van der Waals surface area (Å²) in [6.45, 7) is 5.87. The van der Waals surface area contributed by atoms with E-state index in [-0.39, 0.29) is 0 Å². The van der Waals surface area contributed by atoms with Gasteiger partial charge in [0.1, 0.15) is 0 Å². The average molecular weight is 252 g/mol. The Morgan fingerprint density at radius 1 is 1.24 bits per heavy atom. The van der Waals surface area contributed by atoms with Crippen molar-refractivity contribution < 1.29 is 0 Å². The molecule has 1 N–H and O–H groups in total. The Hall–Kier alpha value is -0.180. The Balaban J connectivity index is 1.55. The Morgan fingerprint density at radius 3 is 2.76 bits per heavy atom. The first-order valence-corrected chi connectivity index (χ1v) is 8.01. The maximum Gasteiger partial charge on any atom is 0.157 e. The molecule has 2 nitrogen and oxygen atoms in total. The minimum absolute atomic E-state index is 0.443. The summed E-state index contributed by atoms with van der Waals surface area (Å²) in [4.78, 5) is 4.71. The van der Waals surface area contributed by atoms with Crippen molar-refractivity contribution in [1.82, 2.24) is 5.32 Å². The second kappa shape index (κ2) is 4.49. The minimum Gasteiger partial charge on any atom is -0.362 e.